The van der Waals surface area contributed by atoms with E-state index in [1.807, 2.05) is 6.92 Å². The molecule has 1 aromatic rings. The van der Waals surface area contributed by atoms with E-state index in [1.54, 1.807) is 7.11 Å². The van der Waals surface area contributed by atoms with E-state index < -0.39 is 0 Å². The summed E-state index contributed by atoms with van der Waals surface area (Å²) >= 11 is 0. The van der Waals surface area contributed by atoms with Crippen molar-refractivity contribution in [3.63, 3.8) is 0 Å². The third-order valence-corrected chi connectivity index (χ3v) is 2.66. The van der Waals surface area contributed by atoms with Crippen molar-refractivity contribution in [1.29, 1.82) is 0 Å². The summed E-state index contributed by atoms with van der Waals surface area (Å²) in [5, 5.41) is 0. The van der Waals surface area contributed by atoms with Gasteiger partial charge in [0, 0.05) is 13.2 Å². The number of aryl methyl sites for hydroxylation is 2. The Labute approximate surface area is 92.4 Å². The maximum absolute atomic E-state index is 6.13. The summed E-state index contributed by atoms with van der Waals surface area (Å²) in [7, 11) is 1.72. The number of nitrogens with two attached hydrogens (primary N) is 1. The van der Waals surface area contributed by atoms with Crippen LogP contribution in [0.2, 0.25) is 0 Å². The van der Waals surface area contributed by atoms with Crippen LogP contribution in [0.15, 0.2) is 18.2 Å². The fourth-order valence-electron chi connectivity index (χ4n) is 1.81. The minimum absolute atomic E-state index is 0.0681. The van der Waals surface area contributed by atoms with Gasteiger partial charge in [0.2, 0.25) is 0 Å². The van der Waals surface area contributed by atoms with Gasteiger partial charge in [0.05, 0.1) is 6.10 Å². The molecule has 2 unspecified atom stereocenters. The van der Waals surface area contributed by atoms with Crippen LogP contribution in [-0.2, 0) is 4.74 Å². The van der Waals surface area contributed by atoms with E-state index in [9.17, 15) is 0 Å². The third-order valence-electron chi connectivity index (χ3n) is 2.66. The van der Waals surface area contributed by atoms with Gasteiger partial charge < -0.3 is 10.5 Å². The zero-order chi connectivity index (χ0) is 11.4. The van der Waals surface area contributed by atoms with Gasteiger partial charge in [-0.3, -0.25) is 0 Å². The zero-order valence-corrected chi connectivity index (χ0v) is 10.1. The second-order valence-corrected chi connectivity index (χ2v) is 4.31. The first-order valence-electron chi connectivity index (χ1n) is 5.39. The Morgan fingerprint density at radius 1 is 1.20 bits per heavy atom. The fraction of sp³-hybridized carbons (Fsp3) is 0.538. The molecule has 0 fully saturated rings. The number of hydrogen-bond acceptors (Lipinski definition) is 2. The van der Waals surface area contributed by atoms with Gasteiger partial charge in [0.1, 0.15) is 0 Å². The molecule has 1 aromatic carbocycles. The predicted molar refractivity (Wildman–Crippen MR) is 63.9 cm³/mol. The van der Waals surface area contributed by atoms with E-state index in [0.29, 0.717) is 0 Å². The van der Waals surface area contributed by atoms with Gasteiger partial charge in [-0.1, -0.05) is 29.3 Å². The highest BCUT2D eigenvalue weighted by molar-refractivity contribution is 5.30. The first-order chi connectivity index (χ1) is 7.02. The molecule has 0 radical (unpaired) electrons. The second kappa shape index (κ2) is 5.29. The van der Waals surface area contributed by atoms with Gasteiger partial charge >= 0.3 is 0 Å². The maximum Gasteiger partial charge on any atom is 0.0561 e. The average Bonchev–Trinajstić information content (AvgIpc) is 2.16. The van der Waals surface area contributed by atoms with Crippen LogP contribution in [0.4, 0.5) is 0 Å². The largest absolute Gasteiger partial charge is 0.382 e. The summed E-state index contributed by atoms with van der Waals surface area (Å²) in [6.07, 6.45) is 1.07. The molecule has 0 heterocycles. The van der Waals surface area contributed by atoms with Crippen LogP contribution < -0.4 is 5.73 Å². The van der Waals surface area contributed by atoms with Gasteiger partial charge in [-0.05, 0) is 32.8 Å². The van der Waals surface area contributed by atoms with Crippen molar-refractivity contribution >= 4 is 0 Å². The Hall–Kier alpha value is -0.860. The fourth-order valence-corrected chi connectivity index (χ4v) is 1.81. The van der Waals surface area contributed by atoms with E-state index in [4.69, 9.17) is 10.5 Å². The molecule has 2 N–H and O–H groups in total. The molecule has 0 spiro atoms. The second-order valence-electron chi connectivity index (χ2n) is 4.31. The SMILES string of the molecule is COC(C)CC(N)c1cc(C)cc(C)c1. The lowest BCUT2D eigenvalue weighted by Crippen LogP contribution is -2.18. The molecule has 0 saturated carbocycles. The van der Waals surface area contributed by atoms with Crippen molar-refractivity contribution in [2.24, 2.45) is 5.73 Å². The smallest absolute Gasteiger partial charge is 0.0561 e. The van der Waals surface area contributed by atoms with Gasteiger partial charge in [0.25, 0.3) is 0 Å². The van der Waals surface area contributed by atoms with E-state index in [0.717, 1.165) is 6.42 Å². The van der Waals surface area contributed by atoms with Crippen LogP contribution in [0.1, 0.15) is 36.1 Å². The molecule has 15 heavy (non-hydrogen) atoms. The number of benzene rings is 1. The molecule has 0 aromatic heterocycles. The molecule has 2 atom stereocenters. The summed E-state index contributed by atoms with van der Waals surface area (Å²) in [5.41, 5.74) is 9.87. The molecule has 2 nitrogen and oxygen atoms in total. The summed E-state index contributed by atoms with van der Waals surface area (Å²) in [6, 6.07) is 6.54. The van der Waals surface area contributed by atoms with Crippen molar-refractivity contribution in [3.05, 3.63) is 34.9 Å². The molecular formula is C13H21NO. The molecule has 0 bridgehead atoms. The Morgan fingerprint density at radius 3 is 2.20 bits per heavy atom. The Kier molecular flexibility index (Phi) is 4.30. The van der Waals surface area contributed by atoms with Crippen molar-refractivity contribution in [2.45, 2.75) is 39.3 Å². The van der Waals surface area contributed by atoms with Crippen molar-refractivity contribution in [1.82, 2.24) is 0 Å². The Bertz CT molecular complexity index is 302. The van der Waals surface area contributed by atoms with Gasteiger partial charge in [-0.2, -0.15) is 0 Å². The number of rotatable bonds is 4. The normalized spacial score (nSPS) is 15.0. The summed E-state index contributed by atoms with van der Waals surface area (Å²) in [4.78, 5) is 0. The van der Waals surface area contributed by atoms with Crippen molar-refractivity contribution in [2.75, 3.05) is 7.11 Å². The third kappa shape index (κ3) is 3.65. The molecule has 0 saturated heterocycles. The van der Waals surface area contributed by atoms with Crippen LogP contribution in [0.3, 0.4) is 0 Å². The standard InChI is InChI=1S/C13H21NO/c1-9-5-10(2)7-12(6-9)13(14)8-11(3)15-4/h5-7,11,13H,8,14H2,1-4H3. The van der Waals surface area contributed by atoms with Crippen LogP contribution in [0.5, 0.6) is 0 Å². The van der Waals surface area contributed by atoms with Crippen LogP contribution >= 0.6 is 0 Å². The molecule has 0 aliphatic carbocycles. The first-order valence-corrected chi connectivity index (χ1v) is 5.39. The van der Waals surface area contributed by atoms with Crippen LogP contribution in [-0.4, -0.2) is 13.2 Å². The van der Waals surface area contributed by atoms with Crippen LogP contribution in [0.25, 0.3) is 0 Å². The number of ether oxygens (including phenoxy) is 1. The lowest BCUT2D eigenvalue weighted by Gasteiger charge is -2.17. The molecule has 0 aliphatic rings. The monoisotopic (exact) mass is 207 g/mol. The topological polar surface area (TPSA) is 35.2 Å². The lowest BCUT2D eigenvalue weighted by atomic mass is 9.98. The molecule has 0 aliphatic heterocycles. The minimum atomic E-state index is 0.0681. The van der Waals surface area contributed by atoms with E-state index in [-0.39, 0.29) is 12.1 Å². The highest BCUT2D eigenvalue weighted by Crippen LogP contribution is 2.19. The van der Waals surface area contributed by atoms with Gasteiger partial charge in [-0.25, -0.2) is 0 Å². The van der Waals surface area contributed by atoms with Crippen molar-refractivity contribution in [3.8, 4) is 0 Å². The van der Waals surface area contributed by atoms with Gasteiger partial charge in [0.15, 0.2) is 0 Å². The minimum Gasteiger partial charge on any atom is -0.382 e. The summed E-state index contributed by atoms with van der Waals surface area (Å²) < 4.78 is 5.22. The summed E-state index contributed by atoms with van der Waals surface area (Å²) in [6.45, 7) is 6.24. The molecule has 0 amide bonds. The van der Waals surface area contributed by atoms with E-state index >= 15 is 0 Å². The zero-order valence-electron chi connectivity index (χ0n) is 10.1. The molecule has 84 valence electrons. The Balaban J connectivity index is 2.77. The summed E-state index contributed by atoms with van der Waals surface area (Å²) in [5.74, 6) is 0. The average molecular weight is 207 g/mol. The Morgan fingerprint density at radius 2 is 1.73 bits per heavy atom. The number of hydrogen-bond donors (Lipinski definition) is 1. The molecule has 1 rings (SSSR count). The first kappa shape index (κ1) is 12.2. The van der Waals surface area contributed by atoms with Crippen LogP contribution in [0, 0.1) is 13.8 Å². The number of methoxy groups -OCH3 is 1. The quantitative estimate of drug-likeness (QED) is 0.824. The van der Waals surface area contributed by atoms with E-state index in [2.05, 4.69) is 32.0 Å². The van der Waals surface area contributed by atoms with E-state index in [1.165, 1.54) is 16.7 Å². The lowest BCUT2D eigenvalue weighted by molar-refractivity contribution is 0.104. The molecular weight excluding hydrogens is 186 g/mol. The van der Waals surface area contributed by atoms with Gasteiger partial charge in [-0.15, -0.1) is 0 Å². The highest BCUT2D eigenvalue weighted by Gasteiger charge is 2.11. The maximum atomic E-state index is 6.13. The molecule has 2 heteroatoms. The highest BCUT2D eigenvalue weighted by atomic mass is 16.5. The van der Waals surface area contributed by atoms with Crippen molar-refractivity contribution < 1.29 is 4.74 Å². The predicted octanol–water partition coefficient (Wildman–Crippen LogP) is 2.73.